The highest BCUT2D eigenvalue weighted by atomic mass is 16.3. The summed E-state index contributed by atoms with van der Waals surface area (Å²) >= 11 is 0. The lowest BCUT2D eigenvalue weighted by molar-refractivity contribution is 0.0579. The molecule has 0 bridgehead atoms. The van der Waals surface area contributed by atoms with Crippen LogP contribution in [0.2, 0.25) is 0 Å². The fraction of sp³-hybridized carbons (Fsp3) is 1.00. The maximum atomic E-state index is 9.19. The molecule has 0 saturated heterocycles. The van der Waals surface area contributed by atoms with E-state index < -0.39 is 5.60 Å². The van der Waals surface area contributed by atoms with Crippen molar-refractivity contribution in [1.82, 2.24) is 0 Å². The molecule has 0 aromatic carbocycles. The Kier molecular flexibility index (Phi) is 2.48. The molecule has 0 aliphatic rings. The number of hydrogen-bond donors (Lipinski definition) is 1. The lowest BCUT2D eigenvalue weighted by atomic mass is 9.97. The standard InChI is InChI=1S/C7H16O/c1-6(2)5-7(3,4)8/h6,8H,5H2,1-4H3. The van der Waals surface area contributed by atoms with Gasteiger partial charge in [0.15, 0.2) is 0 Å². The van der Waals surface area contributed by atoms with Crippen LogP contribution >= 0.6 is 0 Å². The van der Waals surface area contributed by atoms with E-state index in [2.05, 4.69) is 13.8 Å². The fourth-order valence-electron chi connectivity index (χ4n) is 0.999. The summed E-state index contributed by atoms with van der Waals surface area (Å²) in [5.41, 5.74) is -0.478. The molecule has 50 valence electrons. The quantitative estimate of drug-likeness (QED) is 0.583. The molecule has 0 aromatic rings. The van der Waals surface area contributed by atoms with Crippen molar-refractivity contribution in [3.63, 3.8) is 0 Å². The van der Waals surface area contributed by atoms with E-state index in [0.717, 1.165) is 6.42 Å². The maximum Gasteiger partial charge on any atom is 0.0594 e. The Morgan fingerprint density at radius 3 is 1.75 bits per heavy atom. The van der Waals surface area contributed by atoms with Crippen molar-refractivity contribution in [2.45, 2.75) is 39.7 Å². The average molecular weight is 116 g/mol. The second kappa shape index (κ2) is 2.49. The smallest absolute Gasteiger partial charge is 0.0594 e. The second-order valence-corrected chi connectivity index (χ2v) is 3.41. The van der Waals surface area contributed by atoms with Crippen molar-refractivity contribution >= 4 is 0 Å². The van der Waals surface area contributed by atoms with Gasteiger partial charge in [-0.1, -0.05) is 13.8 Å². The van der Waals surface area contributed by atoms with E-state index in [0.29, 0.717) is 5.92 Å². The Bertz CT molecular complexity index is 59.3. The summed E-state index contributed by atoms with van der Waals surface area (Å²) in [6, 6.07) is 0. The number of aliphatic hydroxyl groups is 1. The molecule has 8 heavy (non-hydrogen) atoms. The predicted octanol–water partition coefficient (Wildman–Crippen LogP) is 1.80. The van der Waals surface area contributed by atoms with Gasteiger partial charge in [0.1, 0.15) is 0 Å². The first-order valence-corrected chi connectivity index (χ1v) is 3.14. The first-order valence-electron chi connectivity index (χ1n) is 3.14. The minimum absolute atomic E-state index is 0.478. The summed E-state index contributed by atoms with van der Waals surface area (Å²) in [5.74, 6) is 0.593. The van der Waals surface area contributed by atoms with Crippen molar-refractivity contribution in [1.29, 1.82) is 0 Å². The Morgan fingerprint density at radius 1 is 1.38 bits per heavy atom. The lowest BCUT2D eigenvalue weighted by Gasteiger charge is -2.18. The van der Waals surface area contributed by atoms with Crippen LogP contribution in [-0.4, -0.2) is 10.7 Å². The van der Waals surface area contributed by atoms with Crippen molar-refractivity contribution in [3.05, 3.63) is 0 Å². The molecule has 0 amide bonds. The van der Waals surface area contributed by atoms with Crippen molar-refractivity contribution < 1.29 is 5.11 Å². The predicted molar refractivity (Wildman–Crippen MR) is 35.8 cm³/mol. The van der Waals surface area contributed by atoms with Crippen LogP contribution in [0, 0.1) is 5.92 Å². The van der Waals surface area contributed by atoms with Crippen LogP contribution in [0.15, 0.2) is 0 Å². The third-order valence-corrected chi connectivity index (χ3v) is 0.908. The number of rotatable bonds is 2. The first-order chi connectivity index (χ1) is 3.42. The summed E-state index contributed by atoms with van der Waals surface area (Å²) in [4.78, 5) is 0. The van der Waals surface area contributed by atoms with Crippen LogP contribution in [0.4, 0.5) is 0 Å². The molecule has 0 rings (SSSR count). The maximum absolute atomic E-state index is 9.19. The van der Waals surface area contributed by atoms with Gasteiger partial charge in [-0.15, -0.1) is 0 Å². The van der Waals surface area contributed by atoms with E-state index in [9.17, 15) is 5.11 Å². The summed E-state index contributed by atoms with van der Waals surface area (Å²) < 4.78 is 0. The van der Waals surface area contributed by atoms with Crippen molar-refractivity contribution in [2.24, 2.45) is 5.92 Å². The van der Waals surface area contributed by atoms with Gasteiger partial charge >= 0.3 is 0 Å². The molecule has 0 radical (unpaired) electrons. The zero-order valence-electron chi connectivity index (χ0n) is 6.23. The monoisotopic (exact) mass is 116 g/mol. The van der Waals surface area contributed by atoms with E-state index in [1.165, 1.54) is 0 Å². The van der Waals surface area contributed by atoms with Crippen LogP contribution in [0.5, 0.6) is 0 Å². The van der Waals surface area contributed by atoms with Gasteiger partial charge in [0.05, 0.1) is 5.60 Å². The van der Waals surface area contributed by atoms with Gasteiger partial charge in [0.2, 0.25) is 0 Å². The molecule has 0 saturated carbocycles. The fourth-order valence-corrected chi connectivity index (χ4v) is 0.999. The van der Waals surface area contributed by atoms with Gasteiger partial charge in [-0.25, -0.2) is 0 Å². The van der Waals surface area contributed by atoms with Gasteiger partial charge in [-0.05, 0) is 26.2 Å². The molecule has 0 aliphatic heterocycles. The van der Waals surface area contributed by atoms with Crippen LogP contribution in [0.1, 0.15) is 34.1 Å². The average Bonchev–Trinajstić information content (AvgIpc) is 1.21. The van der Waals surface area contributed by atoms with Crippen LogP contribution < -0.4 is 0 Å². The van der Waals surface area contributed by atoms with E-state index >= 15 is 0 Å². The molecular formula is C7H16O. The van der Waals surface area contributed by atoms with E-state index in [1.807, 2.05) is 13.8 Å². The SMILES string of the molecule is CC(C)CC(C)(C)O. The van der Waals surface area contributed by atoms with Gasteiger partial charge in [0, 0.05) is 0 Å². The van der Waals surface area contributed by atoms with E-state index in [4.69, 9.17) is 0 Å². The number of hydrogen-bond acceptors (Lipinski definition) is 1. The highest BCUT2D eigenvalue weighted by Crippen LogP contribution is 2.13. The van der Waals surface area contributed by atoms with Crippen molar-refractivity contribution in [2.75, 3.05) is 0 Å². The van der Waals surface area contributed by atoms with E-state index in [-0.39, 0.29) is 0 Å². The largest absolute Gasteiger partial charge is 0.390 e. The third-order valence-electron chi connectivity index (χ3n) is 0.908. The zero-order chi connectivity index (χ0) is 6.78. The summed E-state index contributed by atoms with van der Waals surface area (Å²) in [6.07, 6.45) is 0.882. The van der Waals surface area contributed by atoms with E-state index in [1.54, 1.807) is 0 Å². The Hall–Kier alpha value is -0.0400. The molecule has 0 aliphatic carbocycles. The summed E-state index contributed by atoms with van der Waals surface area (Å²) in [7, 11) is 0. The topological polar surface area (TPSA) is 20.2 Å². The molecule has 0 fully saturated rings. The van der Waals surface area contributed by atoms with Crippen molar-refractivity contribution in [3.8, 4) is 0 Å². The Morgan fingerprint density at radius 2 is 1.75 bits per heavy atom. The Labute approximate surface area is 51.7 Å². The van der Waals surface area contributed by atoms with Crippen LogP contribution in [0.25, 0.3) is 0 Å². The van der Waals surface area contributed by atoms with Crippen LogP contribution in [0.3, 0.4) is 0 Å². The molecule has 0 unspecified atom stereocenters. The Balaban J connectivity index is 3.39. The highest BCUT2D eigenvalue weighted by Gasteiger charge is 2.13. The molecule has 0 spiro atoms. The van der Waals surface area contributed by atoms with Gasteiger partial charge in [-0.3, -0.25) is 0 Å². The van der Waals surface area contributed by atoms with Gasteiger partial charge in [-0.2, -0.15) is 0 Å². The highest BCUT2D eigenvalue weighted by molar-refractivity contribution is 4.66. The molecule has 1 N–H and O–H groups in total. The molecular weight excluding hydrogens is 100 g/mol. The molecule has 0 atom stereocenters. The third kappa shape index (κ3) is 5.96. The first kappa shape index (κ1) is 7.96. The van der Waals surface area contributed by atoms with Crippen LogP contribution in [-0.2, 0) is 0 Å². The summed E-state index contributed by atoms with van der Waals surface area (Å²) in [5, 5.41) is 9.19. The van der Waals surface area contributed by atoms with Gasteiger partial charge in [0.25, 0.3) is 0 Å². The summed E-state index contributed by atoms with van der Waals surface area (Å²) in [6.45, 7) is 7.90. The molecule has 1 nitrogen and oxygen atoms in total. The zero-order valence-corrected chi connectivity index (χ0v) is 6.23. The van der Waals surface area contributed by atoms with Gasteiger partial charge < -0.3 is 5.11 Å². The minimum Gasteiger partial charge on any atom is -0.390 e. The normalized spacial score (nSPS) is 12.8. The second-order valence-electron chi connectivity index (χ2n) is 3.41. The molecule has 1 heteroatoms. The molecule has 0 aromatic heterocycles. The molecule has 0 heterocycles. The lowest BCUT2D eigenvalue weighted by Crippen LogP contribution is -2.20. The minimum atomic E-state index is -0.478.